The Morgan fingerprint density at radius 3 is 2.76 bits per heavy atom. The molecular formula is C11H17N3O2S. The van der Waals surface area contributed by atoms with E-state index in [2.05, 4.69) is 9.71 Å². The molecule has 94 valence electrons. The number of nitrogen functional groups attached to an aromatic ring is 1. The lowest BCUT2D eigenvalue weighted by molar-refractivity contribution is 0.519. The fraction of sp³-hybridized carbons (Fsp3) is 0.545. The second-order valence-corrected chi connectivity index (χ2v) is 6.12. The van der Waals surface area contributed by atoms with Crippen molar-refractivity contribution in [1.29, 1.82) is 0 Å². The van der Waals surface area contributed by atoms with Crippen molar-refractivity contribution in [1.82, 2.24) is 9.71 Å². The highest BCUT2D eigenvalue weighted by Crippen LogP contribution is 2.24. The number of nitrogens with one attached hydrogen (secondary N) is 1. The summed E-state index contributed by atoms with van der Waals surface area (Å²) in [7, 11) is -3.52. The number of nitrogens with zero attached hydrogens (tertiary/aromatic N) is 1. The second kappa shape index (κ2) is 5.01. The lowest BCUT2D eigenvalue weighted by atomic mass is 10.1. The number of nitrogens with two attached hydrogens (primary N) is 1. The maximum atomic E-state index is 12.0. The average Bonchev–Trinajstić information content (AvgIpc) is 2.80. The zero-order chi connectivity index (χ0) is 12.3. The smallest absolute Gasteiger partial charge is 0.244 e. The first-order chi connectivity index (χ1) is 8.09. The summed E-state index contributed by atoms with van der Waals surface area (Å²) in [6, 6.07) is 3.04. The molecule has 0 spiro atoms. The zero-order valence-corrected chi connectivity index (χ0v) is 10.4. The maximum absolute atomic E-state index is 12.0. The van der Waals surface area contributed by atoms with Crippen LogP contribution in [0.2, 0.25) is 0 Å². The Morgan fingerprint density at radius 2 is 2.12 bits per heavy atom. The summed E-state index contributed by atoms with van der Waals surface area (Å²) in [6.45, 7) is 0.497. The van der Waals surface area contributed by atoms with Crippen LogP contribution in [0.25, 0.3) is 0 Å². The average molecular weight is 255 g/mol. The predicted molar refractivity (Wildman–Crippen MR) is 65.8 cm³/mol. The van der Waals surface area contributed by atoms with Gasteiger partial charge in [-0.05, 0) is 30.9 Å². The summed E-state index contributed by atoms with van der Waals surface area (Å²) in [4.78, 5) is 3.85. The molecule has 0 amide bonds. The van der Waals surface area contributed by atoms with E-state index in [1.54, 1.807) is 6.07 Å². The highest BCUT2D eigenvalue weighted by atomic mass is 32.2. The fourth-order valence-electron chi connectivity index (χ4n) is 2.15. The van der Waals surface area contributed by atoms with Crippen molar-refractivity contribution in [3.8, 4) is 0 Å². The highest BCUT2D eigenvalue weighted by Gasteiger charge is 2.21. The van der Waals surface area contributed by atoms with E-state index in [9.17, 15) is 8.42 Å². The van der Waals surface area contributed by atoms with Crippen LogP contribution in [0, 0.1) is 5.92 Å². The van der Waals surface area contributed by atoms with E-state index < -0.39 is 10.0 Å². The summed E-state index contributed by atoms with van der Waals surface area (Å²) >= 11 is 0. The predicted octanol–water partition coefficient (Wildman–Crippen LogP) is 1.13. The van der Waals surface area contributed by atoms with E-state index in [0.717, 1.165) is 12.8 Å². The molecular weight excluding hydrogens is 238 g/mol. The lowest BCUT2D eigenvalue weighted by Crippen LogP contribution is -2.29. The summed E-state index contributed by atoms with van der Waals surface area (Å²) < 4.78 is 26.6. The number of sulfonamides is 1. The van der Waals surface area contributed by atoms with E-state index in [1.165, 1.54) is 25.1 Å². The van der Waals surface area contributed by atoms with E-state index in [1.807, 2.05) is 0 Å². The molecule has 1 fully saturated rings. The summed E-state index contributed by atoms with van der Waals surface area (Å²) in [5.74, 6) is 0.508. The number of anilines is 1. The van der Waals surface area contributed by atoms with E-state index in [-0.39, 0.29) is 10.7 Å². The third-order valence-electron chi connectivity index (χ3n) is 3.13. The first kappa shape index (κ1) is 12.3. The molecule has 1 aliphatic carbocycles. The van der Waals surface area contributed by atoms with Crippen LogP contribution in [0.5, 0.6) is 0 Å². The van der Waals surface area contributed by atoms with E-state index in [4.69, 9.17) is 5.73 Å². The largest absolute Gasteiger partial charge is 0.383 e. The Balaban J connectivity index is 2.06. The molecule has 0 saturated heterocycles. The third kappa shape index (κ3) is 2.95. The van der Waals surface area contributed by atoms with Crippen molar-refractivity contribution < 1.29 is 8.42 Å². The molecule has 5 nitrogen and oxygen atoms in total. The molecule has 1 aromatic rings. The Labute approximate surface area is 101 Å². The number of aromatic nitrogens is 1. The lowest BCUT2D eigenvalue weighted by Gasteiger charge is -2.11. The fourth-order valence-corrected chi connectivity index (χ4v) is 3.35. The molecule has 1 aliphatic rings. The summed E-state index contributed by atoms with van der Waals surface area (Å²) in [5.41, 5.74) is 5.56. The Bertz CT molecular complexity index is 481. The molecule has 1 heterocycles. The minimum atomic E-state index is -3.52. The van der Waals surface area contributed by atoms with Crippen LogP contribution in [0.1, 0.15) is 25.7 Å². The van der Waals surface area contributed by atoms with Gasteiger partial charge in [0, 0.05) is 12.7 Å². The maximum Gasteiger partial charge on any atom is 0.244 e. The van der Waals surface area contributed by atoms with Gasteiger partial charge in [-0.2, -0.15) is 0 Å². The van der Waals surface area contributed by atoms with Gasteiger partial charge in [0.1, 0.15) is 10.7 Å². The molecule has 17 heavy (non-hydrogen) atoms. The van der Waals surface area contributed by atoms with Gasteiger partial charge in [-0.1, -0.05) is 12.8 Å². The second-order valence-electron chi connectivity index (χ2n) is 4.39. The van der Waals surface area contributed by atoms with Crippen LogP contribution in [0.4, 0.5) is 5.82 Å². The van der Waals surface area contributed by atoms with Crippen molar-refractivity contribution in [2.75, 3.05) is 12.3 Å². The van der Waals surface area contributed by atoms with E-state index in [0.29, 0.717) is 12.5 Å². The van der Waals surface area contributed by atoms with Crippen molar-refractivity contribution in [2.45, 2.75) is 30.6 Å². The third-order valence-corrected chi connectivity index (χ3v) is 4.60. The van der Waals surface area contributed by atoms with Gasteiger partial charge in [0.15, 0.2) is 0 Å². The summed E-state index contributed by atoms with van der Waals surface area (Å²) in [5, 5.41) is 0. The molecule has 0 aliphatic heterocycles. The number of hydrogen-bond acceptors (Lipinski definition) is 4. The van der Waals surface area contributed by atoms with E-state index >= 15 is 0 Å². The molecule has 0 aromatic carbocycles. The van der Waals surface area contributed by atoms with Crippen LogP contribution < -0.4 is 10.5 Å². The Morgan fingerprint density at radius 1 is 1.41 bits per heavy atom. The molecule has 1 aromatic heterocycles. The highest BCUT2D eigenvalue weighted by molar-refractivity contribution is 7.89. The molecule has 6 heteroatoms. The Hall–Kier alpha value is -1.14. The molecule has 3 N–H and O–H groups in total. The molecule has 1 saturated carbocycles. The van der Waals surface area contributed by atoms with Crippen LogP contribution in [-0.4, -0.2) is 19.9 Å². The van der Waals surface area contributed by atoms with Crippen molar-refractivity contribution >= 4 is 15.8 Å². The van der Waals surface area contributed by atoms with Gasteiger partial charge in [-0.25, -0.2) is 18.1 Å². The zero-order valence-electron chi connectivity index (χ0n) is 9.59. The molecule has 0 bridgehead atoms. The summed E-state index contributed by atoms with van der Waals surface area (Å²) in [6.07, 6.45) is 6.07. The molecule has 0 atom stereocenters. The quantitative estimate of drug-likeness (QED) is 0.844. The first-order valence-corrected chi connectivity index (χ1v) is 7.28. The standard InChI is InChI=1S/C11H17N3O2S/c12-11-10(6-3-7-13-11)17(15,16)14-8-9-4-1-2-5-9/h3,6-7,9,14H,1-2,4-5,8H2,(H2,12,13). The minimum Gasteiger partial charge on any atom is -0.383 e. The first-order valence-electron chi connectivity index (χ1n) is 5.80. The van der Waals surface area contributed by atoms with Crippen molar-refractivity contribution in [3.63, 3.8) is 0 Å². The van der Waals surface area contributed by atoms with Crippen LogP contribution in [0.15, 0.2) is 23.2 Å². The van der Waals surface area contributed by atoms with Gasteiger partial charge in [0.05, 0.1) is 0 Å². The normalized spacial score (nSPS) is 17.4. The number of hydrogen-bond donors (Lipinski definition) is 2. The van der Waals surface area contributed by atoms with Gasteiger partial charge in [0.2, 0.25) is 10.0 Å². The van der Waals surface area contributed by atoms with Crippen LogP contribution in [0.3, 0.4) is 0 Å². The van der Waals surface area contributed by atoms with Gasteiger partial charge >= 0.3 is 0 Å². The van der Waals surface area contributed by atoms with Gasteiger partial charge in [0.25, 0.3) is 0 Å². The van der Waals surface area contributed by atoms with Gasteiger partial charge < -0.3 is 5.73 Å². The number of pyridine rings is 1. The van der Waals surface area contributed by atoms with Crippen LogP contribution >= 0.6 is 0 Å². The SMILES string of the molecule is Nc1ncccc1S(=O)(=O)NCC1CCCC1. The van der Waals surface area contributed by atoms with Crippen molar-refractivity contribution in [3.05, 3.63) is 18.3 Å². The molecule has 0 unspecified atom stereocenters. The molecule has 2 rings (SSSR count). The van der Waals surface area contributed by atoms with Gasteiger partial charge in [-0.3, -0.25) is 0 Å². The Kier molecular flexibility index (Phi) is 3.63. The van der Waals surface area contributed by atoms with Crippen LogP contribution in [-0.2, 0) is 10.0 Å². The van der Waals surface area contributed by atoms with Gasteiger partial charge in [-0.15, -0.1) is 0 Å². The van der Waals surface area contributed by atoms with Crippen molar-refractivity contribution in [2.24, 2.45) is 5.92 Å². The molecule has 0 radical (unpaired) electrons. The topological polar surface area (TPSA) is 85.1 Å². The monoisotopic (exact) mass is 255 g/mol. The minimum absolute atomic E-state index is 0.0476. The number of rotatable bonds is 4.